The molecule has 1 aromatic rings. The van der Waals surface area contributed by atoms with Crippen LogP contribution in [0.15, 0.2) is 18.2 Å². The molecule has 2 aliphatic rings. The van der Waals surface area contributed by atoms with Crippen LogP contribution in [-0.2, 0) is 11.2 Å². The van der Waals surface area contributed by atoms with E-state index in [-0.39, 0.29) is 0 Å². The van der Waals surface area contributed by atoms with E-state index in [1.807, 2.05) is 0 Å². The summed E-state index contributed by atoms with van der Waals surface area (Å²) in [6.45, 7) is 7.40. The van der Waals surface area contributed by atoms with Crippen LogP contribution in [0.4, 0.5) is 0 Å². The highest BCUT2D eigenvalue weighted by Crippen LogP contribution is 2.60. The number of hydrogen-bond acceptors (Lipinski definition) is 2. The summed E-state index contributed by atoms with van der Waals surface area (Å²) in [5, 5.41) is 3.64. The molecule has 21 heavy (non-hydrogen) atoms. The Hall–Kier alpha value is -0.860. The molecule has 2 aliphatic carbocycles. The number of fused-ring (bicyclic) bond motifs is 1. The quantitative estimate of drug-likeness (QED) is 0.775. The number of hydrogen-bond donors (Lipinski definition) is 1. The minimum Gasteiger partial charge on any atom is -0.383 e. The summed E-state index contributed by atoms with van der Waals surface area (Å²) >= 11 is 0. The van der Waals surface area contributed by atoms with Crippen LogP contribution in [0.25, 0.3) is 0 Å². The number of ether oxygens (including phenoxy) is 1. The van der Waals surface area contributed by atoms with Gasteiger partial charge in [-0.15, -0.1) is 0 Å². The smallest absolute Gasteiger partial charge is 0.0587 e. The molecule has 1 N–H and O–H groups in total. The van der Waals surface area contributed by atoms with E-state index in [9.17, 15) is 0 Å². The van der Waals surface area contributed by atoms with E-state index in [0.717, 1.165) is 31.5 Å². The summed E-state index contributed by atoms with van der Waals surface area (Å²) in [6.07, 6.45) is 5.58. The van der Waals surface area contributed by atoms with E-state index in [1.165, 1.54) is 36.8 Å². The molecular formula is C19H29NO. The molecule has 0 aromatic heterocycles. The maximum Gasteiger partial charge on any atom is 0.0587 e. The van der Waals surface area contributed by atoms with E-state index < -0.39 is 0 Å². The molecule has 0 amide bonds. The topological polar surface area (TPSA) is 21.3 Å². The van der Waals surface area contributed by atoms with Gasteiger partial charge in [-0.3, -0.25) is 0 Å². The predicted molar refractivity (Wildman–Crippen MR) is 87.6 cm³/mol. The first-order chi connectivity index (χ1) is 10.1. The third-order valence-corrected chi connectivity index (χ3v) is 5.51. The standard InChI is InChI=1S/C19H29NO/c1-14-4-5-15(2)16(8-14)10-19(13-20-6-7-21-3)11-17-9-18(17)12-19/h4-5,8,17-18,20H,6-7,9-13H2,1-3H3. The Morgan fingerprint density at radius 1 is 1.24 bits per heavy atom. The zero-order valence-corrected chi connectivity index (χ0v) is 13.7. The normalized spacial score (nSPS) is 30.4. The molecule has 1 aromatic carbocycles. The molecule has 2 saturated carbocycles. The minimum atomic E-state index is 0.486. The van der Waals surface area contributed by atoms with Crippen LogP contribution in [0.2, 0.25) is 0 Å². The zero-order valence-electron chi connectivity index (χ0n) is 13.7. The van der Waals surface area contributed by atoms with Crippen LogP contribution < -0.4 is 5.32 Å². The summed E-state index contributed by atoms with van der Waals surface area (Å²) in [6, 6.07) is 6.91. The van der Waals surface area contributed by atoms with Crippen molar-refractivity contribution >= 4 is 0 Å². The molecule has 3 rings (SSSR count). The van der Waals surface area contributed by atoms with Gasteiger partial charge in [-0.25, -0.2) is 0 Å². The monoisotopic (exact) mass is 287 g/mol. The minimum absolute atomic E-state index is 0.486. The molecule has 0 spiro atoms. The van der Waals surface area contributed by atoms with E-state index in [0.29, 0.717) is 5.41 Å². The molecule has 116 valence electrons. The van der Waals surface area contributed by atoms with Gasteiger partial charge >= 0.3 is 0 Å². The number of rotatable bonds is 7. The molecule has 2 unspecified atom stereocenters. The SMILES string of the molecule is COCCNCC1(Cc2cc(C)ccc2C)CC2CC2C1. The van der Waals surface area contributed by atoms with Gasteiger partial charge in [0.2, 0.25) is 0 Å². The second kappa shape index (κ2) is 6.10. The summed E-state index contributed by atoms with van der Waals surface area (Å²) in [4.78, 5) is 0. The molecule has 0 heterocycles. The second-order valence-electron chi connectivity index (χ2n) is 7.44. The van der Waals surface area contributed by atoms with Crippen LogP contribution in [0.5, 0.6) is 0 Å². The Labute approximate surface area is 129 Å². The number of nitrogens with one attached hydrogen (secondary N) is 1. The van der Waals surface area contributed by atoms with Crippen molar-refractivity contribution in [3.05, 3.63) is 34.9 Å². The van der Waals surface area contributed by atoms with Gasteiger partial charge in [-0.2, -0.15) is 0 Å². The van der Waals surface area contributed by atoms with Gasteiger partial charge in [0.1, 0.15) is 0 Å². The average Bonchev–Trinajstić information content (AvgIpc) is 3.07. The molecule has 0 radical (unpaired) electrons. The average molecular weight is 287 g/mol. The highest BCUT2D eigenvalue weighted by atomic mass is 16.5. The van der Waals surface area contributed by atoms with E-state index in [2.05, 4.69) is 37.4 Å². The Morgan fingerprint density at radius 2 is 2.00 bits per heavy atom. The van der Waals surface area contributed by atoms with E-state index in [1.54, 1.807) is 12.7 Å². The van der Waals surface area contributed by atoms with Crippen molar-refractivity contribution in [1.29, 1.82) is 0 Å². The lowest BCUT2D eigenvalue weighted by molar-refractivity contribution is 0.186. The lowest BCUT2D eigenvalue weighted by atomic mass is 9.76. The molecular weight excluding hydrogens is 258 g/mol. The number of benzene rings is 1. The van der Waals surface area contributed by atoms with Gasteiger partial charge in [-0.1, -0.05) is 23.8 Å². The lowest BCUT2D eigenvalue weighted by Crippen LogP contribution is -2.36. The highest BCUT2D eigenvalue weighted by Gasteiger charge is 2.53. The maximum absolute atomic E-state index is 5.16. The largest absolute Gasteiger partial charge is 0.383 e. The first kappa shape index (κ1) is 15.1. The van der Waals surface area contributed by atoms with Crippen LogP contribution in [0.1, 0.15) is 36.0 Å². The molecule has 0 saturated heterocycles. The van der Waals surface area contributed by atoms with Crippen LogP contribution in [0, 0.1) is 31.1 Å². The highest BCUT2D eigenvalue weighted by molar-refractivity contribution is 5.32. The van der Waals surface area contributed by atoms with Crippen molar-refractivity contribution in [3.63, 3.8) is 0 Å². The van der Waals surface area contributed by atoms with Crippen molar-refractivity contribution in [2.24, 2.45) is 17.3 Å². The van der Waals surface area contributed by atoms with Crippen molar-refractivity contribution in [1.82, 2.24) is 5.32 Å². The van der Waals surface area contributed by atoms with Crippen LogP contribution in [-0.4, -0.2) is 26.8 Å². The van der Waals surface area contributed by atoms with Gasteiger partial charge in [0.05, 0.1) is 6.61 Å². The molecule has 0 aliphatic heterocycles. The summed E-state index contributed by atoms with van der Waals surface area (Å²) in [5.41, 5.74) is 4.89. The van der Waals surface area contributed by atoms with Gasteiger partial charge in [0, 0.05) is 20.2 Å². The fraction of sp³-hybridized carbons (Fsp3) is 0.684. The Kier molecular flexibility index (Phi) is 4.37. The predicted octanol–water partition coefficient (Wildman–Crippen LogP) is 3.50. The van der Waals surface area contributed by atoms with Gasteiger partial charge in [0.15, 0.2) is 0 Å². The summed E-state index contributed by atoms with van der Waals surface area (Å²) in [7, 11) is 1.78. The number of aryl methyl sites for hydroxylation is 2. The van der Waals surface area contributed by atoms with Crippen molar-refractivity contribution in [2.75, 3.05) is 26.8 Å². The first-order valence-electron chi connectivity index (χ1n) is 8.38. The lowest BCUT2D eigenvalue weighted by Gasteiger charge is -2.32. The van der Waals surface area contributed by atoms with Gasteiger partial charge < -0.3 is 10.1 Å². The van der Waals surface area contributed by atoms with Gasteiger partial charge in [0.25, 0.3) is 0 Å². The maximum atomic E-state index is 5.16. The third kappa shape index (κ3) is 3.49. The molecule has 2 heteroatoms. The second-order valence-corrected chi connectivity index (χ2v) is 7.44. The number of methoxy groups -OCH3 is 1. The Bertz CT molecular complexity index is 486. The molecule has 0 bridgehead atoms. The van der Waals surface area contributed by atoms with Gasteiger partial charge in [-0.05, 0) is 67.9 Å². The summed E-state index contributed by atoms with van der Waals surface area (Å²) in [5.74, 6) is 2.05. The first-order valence-corrected chi connectivity index (χ1v) is 8.38. The van der Waals surface area contributed by atoms with E-state index >= 15 is 0 Å². The van der Waals surface area contributed by atoms with Crippen molar-refractivity contribution < 1.29 is 4.74 Å². The van der Waals surface area contributed by atoms with Crippen molar-refractivity contribution in [2.45, 2.75) is 39.5 Å². The fourth-order valence-corrected chi connectivity index (χ4v) is 4.28. The van der Waals surface area contributed by atoms with E-state index in [4.69, 9.17) is 4.74 Å². The molecule has 2 atom stereocenters. The van der Waals surface area contributed by atoms with Crippen LogP contribution >= 0.6 is 0 Å². The van der Waals surface area contributed by atoms with Crippen LogP contribution in [0.3, 0.4) is 0 Å². The summed E-state index contributed by atoms with van der Waals surface area (Å²) < 4.78 is 5.16. The Morgan fingerprint density at radius 3 is 2.71 bits per heavy atom. The third-order valence-electron chi connectivity index (χ3n) is 5.51. The fourth-order valence-electron chi connectivity index (χ4n) is 4.28. The molecule has 2 nitrogen and oxygen atoms in total. The Balaban J connectivity index is 1.69. The zero-order chi connectivity index (χ0) is 14.9. The van der Waals surface area contributed by atoms with Crippen molar-refractivity contribution in [3.8, 4) is 0 Å². The molecule has 2 fully saturated rings.